The number of aliphatic hydroxyl groups is 1. The summed E-state index contributed by atoms with van der Waals surface area (Å²) in [6.07, 6.45) is 1.19. The van der Waals surface area contributed by atoms with Crippen molar-refractivity contribution in [3.63, 3.8) is 0 Å². The van der Waals surface area contributed by atoms with Crippen LogP contribution in [0.5, 0.6) is 0 Å². The highest BCUT2D eigenvalue weighted by Gasteiger charge is 2.17. The zero-order valence-electron chi connectivity index (χ0n) is 9.77. The monoisotopic (exact) mass is 244 g/mol. The van der Waals surface area contributed by atoms with E-state index in [-0.39, 0.29) is 5.91 Å². The molecule has 4 nitrogen and oxygen atoms in total. The molecule has 0 saturated heterocycles. The maximum Gasteiger partial charge on any atom is 0.270 e. The number of carbonyl (C=O) groups excluding carboxylic acids is 1. The van der Waals surface area contributed by atoms with Crippen LogP contribution >= 0.6 is 11.6 Å². The van der Waals surface area contributed by atoms with Crippen molar-refractivity contribution in [3.05, 3.63) is 23.0 Å². The Bertz CT molecular complexity index is 374. The van der Waals surface area contributed by atoms with Crippen LogP contribution in [-0.2, 0) is 6.54 Å². The molecular weight excluding hydrogens is 228 g/mol. The highest BCUT2D eigenvalue weighted by atomic mass is 35.5. The number of aromatic nitrogens is 1. The van der Waals surface area contributed by atoms with Gasteiger partial charge in [0.15, 0.2) is 0 Å². The van der Waals surface area contributed by atoms with Gasteiger partial charge in [0.1, 0.15) is 5.69 Å². The molecule has 0 spiro atoms. The molecule has 0 aromatic carbocycles. The van der Waals surface area contributed by atoms with Crippen LogP contribution in [0.2, 0.25) is 5.02 Å². The lowest BCUT2D eigenvalue weighted by Crippen LogP contribution is -2.34. The summed E-state index contributed by atoms with van der Waals surface area (Å²) in [5.74, 6) is -0.130. The molecule has 1 aromatic rings. The fraction of sp³-hybridized carbons (Fsp3) is 0.545. The second-order valence-corrected chi connectivity index (χ2v) is 4.30. The number of rotatable bonds is 4. The van der Waals surface area contributed by atoms with Gasteiger partial charge in [-0.05, 0) is 19.9 Å². The van der Waals surface area contributed by atoms with Gasteiger partial charge < -0.3 is 14.6 Å². The summed E-state index contributed by atoms with van der Waals surface area (Å²) in [6, 6.07) is 1.64. The number of hydrogen-bond donors (Lipinski definition) is 1. The number of aliphatic hydroxyl groups excluding tert-OH is 1. The van der Waals surface area contributed by atoms with E-state index in [1.165, 1.54) is 4.90 Å². The molecule has 0 aliphatic carbocycles. The van der Waals surface area contributed by atoms with Crippen molar-refractivity contribution in [3.8, 4) is 0 Å². The SMILES string of the molecule is CCn1cc(Cl)cc1C(=O)N(C)CC(C)O. The van der Waals surface area contributed by atoms with Crippen molar-refractivity contribution >= 4 is 17.5 Å². The van der Waals surface area contributed by atoms with Gasteiger partial charge in [-0.2, -0.15) is 0 Å². The highest BCUT2D eigenvalue weighted by molar-refractivity contribution is 6.31. The van der Waals surface area contributed by atoms with Crippen LogP contribution in [0.25, 0.3) is 0 Å². The summed E-state index contributed by atoms with van der Waals surface area (Å²) in [6.45, 7) is 4.60. The molecule has 1 unspecified atom stereocenters. The Morgan fingerprint density at radius 3 is 2.81 bits per heavy atom. The lowest BCUT2D eigenvalue weighted by Gasteiger charge is -2.19. The van der Waals surface area contributed by atoms with Gasteiger partial charge in [0.25, 0.3) is 5.91 Å². The Morgan fingerprint density at radius 2 is 2.31 bits per heavy atom. The topological polar surface area (TPSA) is 45.5 Å². The van der Waals surface area contributed by atoms with Crippen molar-refractivity contribution in [1.82, 2.24) is 9.47 Å². The molecule has 1 N–H and O–H groups in total. The van der Waals surface area contributed by atoms with Crippen molar-refractivity contribution in [2.75, 3.05) is 13.6 Å². The van der Waals surface area contributed by atoms with Crippen LogP contribution in [0.3, 0.4) is 0 Å². The molecule has 1 aromatic heterocycles. The van der Waals surface area contributed by atoms with Crippen molar-refractivity contribution < 1.29 is 9.90 Å². The number of amides is 1. The van der Waals surface area contributed by atoms with Gasteiger partial charge in [0.2, 0.25) is 0 Å². The quantitative estimate of drug-likeness (QED) is 0.875. The Labute approximate surface area is 100 Å². The lowest BCUT2D eigenvalue weighted by atomic mass is 10.3. The summed E-state index contributed by atoms with van der Waals surface area (Å²) < 4.78 is 1.79. The second kappa shape index (κ2) is 5.37. The van der Waals surface area contributed by atoms with Gasteiger partial charge in [-0.1, -0.05) is 11.6 Å². The first-order valence-electron chi connectivity index (χ1n) is 5.25. The molecule has 1 heterocycles. The fourth-order valence-electron chi connectivity index (χ4n) is 1.59. The number of hydrogen-bond acceptors (Lipinski definition) is 2. The van der Waals surface area contributed by atoms with E-state index in [4.69, 9.17) is 11.6 Å². The maximum atomic E-state index is 12.0. The normalized spacial score (nSPS) is 12.6. The molecule has 0 bridgehead atoms. The first-order chi connectivity index (χ1) is 7.45. The van der Waals surface area contributed by atoms with Gasteiger partial charge in [0.05, 0.1) is 11.1 Å². The molecule has 0 aliphatic heterocycles. The molecule has 0 radical (unpaired) electrons. The Balaban J connectivity index is 2.86. The van der Waals surface area contributed by atoms with E-state index >= 15 is 0 Å². The van der Waals surface area contributed by atoms with Gasteiger partial charge in [0, 0.05) is 26.3 Å². The molecule has 0 aliphatic rings. The zero-order chi connectivity index (χ0) is 12.3. The van der Waals surface area contributed by atoms with E-state index in [1.807, 2.05) is 6.92 Å². The van der Waals surface area contributed by atoms with E-state index in [9.17, 15) is 9.90 Å². The molecule has 1 amide bonds. The molecule has 16 heavy (non-hydrogen) atoms. The number of aryl methyl sites for hydroxylation is 1. The van der Waals surface area contributed by atoms with Gasteiger partial charge in [-0.25, -0.2) is 0 Å². The van der Waals surface area contributed by atoms with Crippen LogP contribution in [-0.4, -0.2) is 40.2 Å². The van der Waals surface area contributed by atoms with Crippen LogP contribution in [0.1, 0.15) is 24.3 Å². The van der Waals surface area contributed by atoms with Gasteiger partial charge >= 0.3 is 0 Å². The Morgan fingerprint density at radius 1 is 1.69 bits per heavy atom. The molecular formula is C11H17ClN2O2. The fourth-order valence-corrected chi connectivity index (χ4v) is 1.81. The third kappa shape index (κ3) is 3.00. The number of halogens is 1. The van der Waals surface area contributed by atoms with Gasteiger partial charge in [-0.3, -0.25) is 4.79 Å². The number of likely N-dealkylation sites (N-methyl/N-ethyl adjacent to an activating group) is 1. The average molecular weight is 245 g/mol. The van der Waals surface area contributed by atoms with E-state index in [0.29, 0.717) is 23.8 Å². The third-order valence-corrected chi connectivity index (χ3v) is 2.51. The Hall–Kier alpha value is -1.00. The summed E-state index contributed by atoms with van der Waals surface area (Å²) in [5.41, 5.74) is 0.552. The first kappa shape index (κ1) is 13.1. The lowest BCUT2D eigenvalue weighted by molar-refractivity contribution is 0.0693. The summed E-state index contributed by atoms with van der Waals surface area (Å²) in [5, 5.41) is 9.78. The van der Waals surface area contributed by atoms with E-state index in [2.05, 4.69) is 0 Å². The van der Waals surface area contributed by atoms with Crippen molar-refractivity contribution in [1.29, 1.82) is 0 Å². The molecule has 0 saturated carbocycles. The minimum Gasteiger partial charge on any atom is -0.392 e. The smallest absolute Gasteiger partial charge is 0.270 e. The van der Waals surface area contributed by atoms with Crippen LogP contribution in [0.4, 0.5) is 0 Å². The largest absolute Gasteiger partial charge is 0.392 e. The maximum absolute atomic E-state index is 12.0. The summed E-state index contributed by atoms with van der Waals surface area (Å²) in [4.78, 5) is 13.5. The standard InChI is InChI=1S/C11H17ClN2O2/c1-4-14-7-9(12)5-10(14)11(16)13(3)6-8(2)15/h5,7-8,15H,4,6H2,1-3H3. The molecule has 1 atom stereocenters. The number of nitrogens with zero attached hydrogens (tertiary/aromatic N) is 2. The van der Waals surface area contributed by atoms with Crippen LogP contribution < -0.4 is 0 Å². The van der Waals surface area contributed by atoms with E-state index < -0.39 is 6.10 Å². The third-order valence-electron chi connectivity index (χ3n) is 2.31. The molecule has 90 valence electrons. The first-order valence-corrected chi connectivity index (χ1v) is 5.62. The predicted molar refractivity (Wildman–Crippen MR) is 63.8 cm³/mol. The minimum atomic E-state index is -0.533. The minimum absolute atomic E-state index is 0.130. The highest BCUT2D eigenvalue weighted by Crippen LogP contribution is 2.15. The Kier molecular flexibility index (Phi) is 4.38. The van der Waals surface area contributed by atoms with Crippen molar-refractivity contribution in [2.45, 2.75) is 26.5 Å². The van der Waals surface area contributed by atoms with Crippen molar-refractivity contribution in [2.24, 2.45) is 0 Å². The van der Waals surface area contributed by atoms with Gasteiger partial charge in [-0.15, -0.1) is 0 Å². The van der Waals surface area contributed by atoms with E-state index in [1.54, 1.807) is 30.8 Å². The van der Waals surface area contributed by atoms with Crippen LogP contribution in [0, 0.1) is 0 Å². The summed E-state index contributed by atoms with van der Waals surface area (Å²) >= 11 is 5.86. The van der Waals surface area contributed by atoms with Crippen LogP contribution in [0.15, 0.2) is 12.3 Å². The predicted octanol–water partition coefficient (Wildman–Crippen LogP) is 1.61. The molecule has 5 heteroatoms. The molecule has 0 fully saturated rings. The second-order valence-electron chi connectivity index (χ2n) is 3.86. The molecule has 1 rings (SSSR count). The summed E-state index contributed by atoms with van der Waals surface area (Å²) in [7, 11) is 1.66. The number of carbonyl (C=O) groups is 1. The average Bonchev–Trinajstić information content (AvgIpc) is 2.57. The van der Waals surface area contributed by atoms with E-state index in [0.717, 1.165) is 0 Å². The zero-order valence-corrected chi connectivity index (χ0v) is 10.5.